The van der Waals surface area contributed by atoms with Crippen molar-refractivity contribution < 1.29 is 5.48 Å². The maximum Gasteiger partial charge on any atom is 0.0645 e. The van der Waals surface area contributed by atoms with E-state index in [9.17, 15) is 5.48 Å². The highest BCUT2D eigenvalue weighted by atomic mass is 15.1. The molecule has 0 spiro atoms. The van der Waals surface area contributed by atoms with Crippen LogP contribution in [0.15, 0.2) is 249 Å². The van der Waals surface area contributed by atoms with Crippen molar-refractivity contribution >= 4 is 88.2 Å². The first-order chi connectivity index (χ1) is 32.9. The van der Waals surface area contributed by atoms with Gasteiger partial charge < -0.3 is 14.4 Å². The van der Waals surface area contributed by atoms with Crippen molar-refractivity contribution in [2.45, 2.75) is 0 Å². The van der Waals surface area contributed by atoms with Gasteiger partial charge in [0.2, 0.25) is 0 Å². The molecule has 296 valence electrons. The summed E-state index contributed by atoms with van der Waals surface area (Å²) in [5.41, 5.74) is 9.00. The quantitative estimate of drug-likeness (QED) is 0.151. The average Bonchev–Trinajstić information content (AvgIpc) is 3.71. The zero-order chi connectivity index (χ0) is 45.2. The second-order valence-corrected chi connectivity index (χ2v) is 15.9. The summed E-state index contributed by atoms with van der Waals surface area (Å²) in [6, 6.07) is 76.4. The van der Waals surface area contributed by atoms with Crippen LogP contribution in [0.2, 0.25) is 0 Å². The van der Waals surface area contributed by atoms with Crippen molar-refractivity contribution in [3.8, 4) is 16.8 Å². The molecule has 12 rings (SSSR count). The van der Waals surface area contributed by atoms with Gasteiger partial charge in [-0.25, -0.2) is 0 Å². The minimum Gasteiger partial charge on any atom is -0.310 e. The number of hydrogen-bond donors (Lipinski definition) is 0. The molecular formula is C60H41N3. The Bertz CT molecular complexity index is 3850. The van der Waals surface area contributed by atoms with E-state index in [4.69, 9.17) is 0 Å². The molecule has 1 aromatic heterocycles. The van der Waals surface area contributed by atoms with E-state index in [2.05, 4.69) is 137 Å². The van der Waals surface area contributed by atoms with Crippen LogP contribution in [0, 0.1) is 0 Å². The fraction of sp³-hybridized carbons (Fsp3) is 0. The van der Waals surface area contributed by atoms with Crippen molar-refractivity contribution in [2.24, 2.45) is 0 Å². The van der Waals surface area contributed by atoms with Gasteiger partial charge in [-0.1, -0.05) is 152 Å². The summed E-state index contributed by atoms with van der Waals surface area (Å²) in [6.45, 7) is 0. The first-order valence-corrected chi connectivity index (χ1v) is 21.3. The lowest BCUT2D eigenvalue weighted by Gasteiger charge is -2.27. The Morgan fingerprint density at radius 2 is 0.857 bits per heavy atom. The average molecular weight is 808 g/mol. The SMILES string of the molecule is [2H]c1c([2H])c(N(c2ccccc2)c2cccc3ccccc23)c([2H])c([2H])c1-c1ccc2cc(N(c3ccc4ccccc4c3)c3ccc4c(c3)c3ccccc3n4-c3ccccc3)ccc2c1. The van der Waals surface area contributed by atoms with Crippen LogP contribution in [-0.4, -0.2) is 4.57 Å². The van der Waals surface area contributed by atoms with E-state index in [1.807, 2.05) is 102 Å². The fourth-order valence-corrected chi connectivity index (χ4v) is 9.18. The first-order valence-electron chi connectivity index (χ1n) is 23.3. The van der Waals surface area contributed by atoms with Gasteiger partial charge in [-0.05, 0) is 135 Å². The van der Waals surface area contributed by atoms with Gasteiger partial charge >= 0.3 is 0 Å². The van der Waals surface area contributed by atoms with Crippen LogP contribution < -0.4 is 9.80 Å². The molecule has 0 atom stereocenters. The second kappa shape index (κ2) is 15.3. The molecular weight excluding hydrogens is 763 g/mol. The Morgan fingerprint density at radius 3 is 1.65 bits per heavy atom. The van der Waals surface area contributed by atoms with Gasteiger partial charge in [0.1, 0.15) is 0 Å². The molecule has 0 saturated heterocycles. The molecule has 0 bridgehead atoms. The predicted octanol–water partition coefficient (Wildman–Crippen LogP) is 16.8. The summed E-state index contributed by atoms with van der Waals surface area (Å²) >= 11 is 0. The number of benzene rings is 11. The van der Waals surface area contributed by atoms with Crippen molar-refractivity contribution in [1.29, 1.82) is 0 Å². The topological polar surface area (TPSA) is 11.4 Å². The van der Waals surface area contributed by atoms with Gasteiger partial charge in [-0.2, -0.15) is 0 Å². The molecule has 3 heteroatoms. The summed E-state index contributed by atoms with van der Waals surface area (Å²) in [7, 11) is 0. The van der Waals surface area contributed by atoms with E-state index >= 15 is 0 Å². The summed E-state index contributed by atoms with van der Waals surface area (Å²) in [5.74, 6) is 0. The Balaban J connectivity index is 0.982. The Hall–Kier alpha value is -8.40. The van der Waals surface area contributed by atoms with Gasteiger partial charge in [0.05, 0.1) is 22.2 Å². The monoisotopic (exact) mass is 807 g/mol. The minimum atomic E-state index is -0.113. The van der Waals surface area contributed by atoms with E-state index in [0.29, 0.717) is 5.56 Å². The van der Waals surface area contributed by atoms with E-state index in [-0.39, 0.29) is 35.4 Å². The lowest BCUT2D eigenvalue weighted by molar-refractivity contribution is 1.18. The number of para-hydroxylation sites is 3. The Labute approximate surface area is 372 Å². The third kappa shape index (κ3) is 6.46. The van der Waals surface area contributed by atoms with Crippen LogP contribution in [0.4, 0.5) is 34.1 Å². The lowest BCUT2D eigenvalue weighted by Crippen LogP contribution is -2.10. The molecule has 0 amide bonds. The Morgan fingerprint density at radius 1 is 0.302 bits per heavy atom. The minimum absolute atomic E-state index is 0.0976. The molecule has 0 unspecified atom stereocenters. The van der Waals surface area contributed by atoms with Crippen LogP contribution in [0.25, 0.3) is 70.9 Å². The number of hydrogen-bond acceptors (Lipinski definition) is 2. The lowest BCUT2D eigenvalue weighted by atomic mass is 9.99. The van der Waals surface area contributed by atoms with Crippen LogP contribution in [-0.2, 0) is 0 Å². The highest BCUT2D eigenvalue weighted by Gasteiger charge is 2.19. The standard InChI is InChI=1S/C60H41N3/c1-3-18-49(19-4-1)62(58-25-13-17-44-15-9-10-22-55(44)58)51-32-28-43(29-33-51)46-26-27-48-40-53(35-31-47(48)38-46)61(52-34-30-42-14-7-8-16-45(42)39-52)54-36-37-60-57(41-54)56-23-11-12-24-59(56)63(60)50-20-5-2-6-21-50/h1-41H/i28D,29D,32D,33D. The fourth-order valence-electron chi connectivity index (χ4n) is 9.18. The number of aromatic nitrogens is 1. The van der Waals surface area contributed by atoms with E-state index < -0.39 is 0 Å². The van der Waals surface area contributed by atoms with Crippen LogP contribution in [0.3, 0.4) is 0 Å². The summed E-state index contributed by atoms with van der Waals surface area (Å²) < 4.78 is 40.3. The smallest absolute Gasteiger partial charge is 0.0645 e. The van der Waals surface area contributed by atoms with E-state index in [1.54, 1.807) is 0 Å². The molecule has 12 aromatic rings. The number of rotatable bonds is 8. The van der Waals surface area contributed by atoms with Crippen LogP contribution in [0.5, 0.6) is 0 Å². The summed E-state index contributed by atoms with van der Waals surface area (Å²) in [5, 5.41) is 8.50. The zero-order valence-electron chi connectivity index (χ0n) is 38.2. The molecule has 0 aliphatic carbocycles. The highest BCUT2D eigenvalue weighted by molar-refractivity contribution is 6.11. The Kier molecular flexibility index (Phi) is 7.84. The highest BCUT2D eigenvalue weighted by Crippen LogP contribution is 2.43. The second-order valence-electron chi connectivity index (χ2n) is 15.9. The molecule has 11 aromatic carbocycles. The molecule has 0 aliphatic heterocycles. The molecule has 63 heavy (non-hydrogen) atoms. The molecule has 0 saturated carbocycles. The zero-order valence-corrected chi connectivity index (χ0v) is 34.2. The van der Waals surface area contributed by atoms with E-state index in [1.165, 1.54) is 10.8 Å². The van der Waals surface area contributed by atoms with Crippen molar-refractivity contribution in [2.75, 3.05) is 9.80 Å². The van der Waals surface area contributed by atoms with Crippen LogP contribution in [0.1, 0.15) is 5.48 Å². The molecule has 0 N–H and O–H groups in total. The number of fused-ring (bicyclic) bond motifs is 6. The van der Waals surface area contributed by atoms with Gasteiger partial charge in [0.25, 0.3) is 0 Å². The predicted molar refractivity (Wildman–Crippen MR) is 268 cm³/mol. The number of nitrogens with zero attached hydrogens (tertiary/aromatic N) is 3. The molecule has 0 aliphatic rings. The maximum atomic E-state index is 9.51. The van der Waals surface area contributed by atoms with Gasteiger partial charge in [0, 0.05) is 50.3 Å². The molecule has 0 fully saturated rings. The molecule has 3 nitrogen and oxygen atoms in total. The largest absolute Gasteiger partial charge is 0.310 e. The maximum absolute atomic E-state index is 9.51. The third-order valence-electron chi connectivity index (χ3n) is 12.1. The normalized spacial score (nSPS) is 12.4. The van der Waals surface area contributed by atoms with Crippen molar-refractivity contribution in [3.63, 3.8) is 0 Å². The van der Waals surface area contributed by atoms with Crippen LogP contribution >= 0.6 is 0 Å². The first kappa shape index (κ1) is 32.4. The van der Waals surface area contributed by atoms with Gasteiger partial charge in [0.15, 0.2) is 0 Å². The van der Waals surface area contributed by atoms with Crippen molar-refractivity contribution in [3.05, 3.63) is 249 Å². The summed E-state index contributed by atoms with van der Waals surface area (Å²) in [4.78, 5) is 4.17. The van der Waals surface area contributed by atoms with Gasteiger partial charge in [-0.3, -0.25) is 0 Å². The molecule has 0 radical (unpaired) electrons. The third-order valence-corrected chi connectivity index (χ3v) is 12.1. The molecule has 1 heterocycles. The van der Waals surface area contributed by atoms with Gasteiger partial charge in [-0.15, -0.1) is 0 Å². The number of anilines is 6. The van der Waals surface area contributed by atoms with E-state index in [0.717, 1.165) is 77.5 Å². The van der Waals surface area contributed by atoms with Crippen molar-refractivity contribution in [1.82, 2.24) is 4.57 Å². The summed E-state index contributed by atoms with van der Waals surface area (Å²) in [6.07, 6.45) is 0.